The quantitative estimate of drug-likeness (QED) is 0.878. The molecule has 0 saturated carbocycles. The third-order valence-corrected chi connectivity index (χ3v) is 4.41. The van der Waals surface area contributed by atoms with E-state index in [1.807, 2.05) is 12.3 Å². The van der Waals surface area contributed by atoms with E-state index < -0.39 is 0 Å². The lowest BCUT2D eigenvalue weighted by atomic mass is 10.2. The predicted octanol–water partition coefficient (Wildman–Crippen LogP) is 4.40. The molecule has 2 aromatic rings. The Labute approximate surface area is 123 Å². The van der Waals surface area contributed by atoms with Crippen molar-refractivity contribution in [2.75, 3.05) is 0 Å². The molecular weight excluding hydrogens is 334 g/mol. The lowest BCUT2D eigenvalue weighted by Crippen LogP contribution is -2.23. The smallest absolute Gasteiger partial charge is 0.252 e. The fourth-order valence-corrected chi connectivity index (χ4v) is 2.97. The molecule has 1 aromatic heterocycles. The highest BCUT2D eigenvalue weighted by Crippen LogP contribution is 2.21. The van der Waals surface area contributed by atoms with Crippen LogP contribution in [0.1, 0.15) is 21.5 Å². The van der Waals surface area contributed by atoms with Gasteiger partial charge >= 0.3 is 0 Å². The summed E-state index contributed by atoms with van der Waals surface area (Å²) >= 11 is 10.9. The van der Waals surface area contributed by atoms with Crippen molar-refractivity contribution in [3.8, 4) is 0 Å². The highest BCUT2D eigenvalue weighted by molar-refractivity contribution is 9.10. The number of benzene rings is 1. The van der Waals surface area contributed by atoms with Crippen LogP contribution in [-0.2, 0) is 6.54 Å². The zero-order chi connectivity index (χ0) is 13.1. The molecule has 5 heteroatoms. The van der Waals surface area contributed by atoms with Gasteiger partial charge in [0, 0.05) is 16.0 Å². The molecule has 0 fully saturated rings. The SMILES string of the molecule is Cc1cscc1CNC(=O)c1cc(Cl)ccc1Br. The average molecular weight is 345 g/mol. The van der Waals surface area contributed by atoms with E-state index in [-0.39, 0.29) is 5.91 Å². The van der Waals surface area contributed by atoms with Crippen LogP contribution >= 0.6 is 38.9 Å². The van der Waals surface area contributed by atoms with E-state index in [9.17, 15) is 4.79 Å². The first-order valence-electron chi connectivity index (χ1n) is 5.33. The number of hydrogen-bond donors (Lipinski definition) is 1. The van der Waals surface area contributed by atoms with Gasteiger partial charge in [-0.1, -0.05) is 11.6 Å². The maximum absolute atomic E-state index is 12.0. The highest BCUT2D eigenvalue weighted by atomic mass is 79.9. The average Bonchev–Trinajstić information content (AvgIpc) is 2.75. The van der Waals surface area contributed by atoms with E-state index in [0.29, 0.717) is 17.1 Å². The first-order valence-corrected chi connectivity index (χ1v) is 7.44. The van der Waals surface area contributed by atoms with Gasteiger partial charge in [0.2, 0.25) is 0 Å². The third-order valence-electron chi connectivity index (χ3n) is 2.57. The van der Waals surface area contributed by atoms with Crippen molar-refractivity contribution in [3.63, 3.8) is 0 Å². The van der Waals surface area contributed by atoms with Crippen molar-refractivity contribution in [1.29, 1.82) is 0 Å². The third kappa shape index (κ3) is 3.13. The van der Waals surface area contributed by atoms with Gasteiger partial charge in [0.1, 0.15) is 0 Å². The van der Waals surface area contributed by atoms with Gasteiger partial charge in [-0.3, -0.25) is 4.79 Å². The summed E-state index contributed by atoms with van der Waals surface area (Å²) in [5.74, 6) is -0.130. The molecule has 0 spiro atoms. The summed E-state index contributed by atoms with van der Waals surface area (Å²) < 4.78 is 0.742. The van der Waals surface area contributed by atoms with E-state index in [0.717, 1.165) is 10.0 Å². The van der Waals surface area contributed by atoms with Gasteiger partial charge in [-0.25, -0.2) is 0 Å². The number of carbonyl (C=O) groups excluding carboxylic acids is 1. The van der Waals surface area contributed by atoms with Gasteiger partial charge in [0.05, 0.1) is 5.56 Å². The molecule has 94 valence electrons. The second kappa shape index (κ2) is 5.87. The Morgan fingerprint density at radius 3 is 2.89 bits per heavy atom. The molecule has 0 saturated heterocycles. The summed E-state index contributed by atoms with van der Waals surface area (Å²) in [6, 6.07) is 5.17. The standard InChI is InChI=1S/C13H11BrClNOS/c1-8-6-18-7-9(8)5-16-13(17)11-4-10(15)2-3-12(11)14/h2-4,6-7H,5H2,1H3,(H,16,17). The minimum Gasteiger partial charge on any atom is -0.348 e. The summed E-state index contributed by atoms with van der Waals surface area (Å²) in [7, 11) is 0. The van der Waals surface area contributed by atoms with Crippen LogP contribution in [0.5, 0.6) is 0 Å². The molecule has 0 unspecified atom stereocenters. The summed E-state index contributed by atoms with van der Waals surface area (Å²) in [6.45, 7) is 2.57. The van der Waals surface area contributed by atoms with Gasteiger partial charge in [-0.15, -0.1) is 0 Å². The van der Waals surface area contributed by atoms with Crippen molar-refractivity contribution in [1.82, 2.24) is 5.32 Å². The van der Waals surface area contributed by atoms with Gasteiger partial charge in [0.25, 0.3) is 5.91 Å². The van der Waals surface area contributed by atoms with Gasteiger partial charge in [0.15, 0.2) is 0 Å². The second-order valence-electron chi connectivity index (χ2n) is 3.89. The molecule has 1 heterocycles. The monoisotopic (exact) mass is 343 g/mol. The fourth-order valence-electron chi connectivity index (χ4n) is 1.51. The Bertz CT molecular complexity index is 582. The molecule has 1 aromatic carbocycles. The maximum atomic E-state index is 12.0. The summed E-state index contributed by atoms with van der Waals surface area (Å²) in [5, 5.41) is 7.55. The summed E-state index contributed by atoms with van der Waals surface area (Å²) in [4.78, 5) is 12.0. The summed E-state index contributed by atoms with van der Waals surface area (Å²) in [5.41, 5.74) is 2.90. The number of carbonyl (C=O) groups is 1. The molecule has 2 nitrogen and oxygen atoms in total. The number of nitrogens with one attached hydrogen (secondary N) is 1. The molecule has 0 bridgehead atoms. The number of thiophene rings is 1. The van der Waals surface area contributed by atoms with E-state index in [1.54, 1.807) is 29.5 Å². The van der Waals surface area contributed by atoms with Crippen LogP contribution in [0.25, 0.3) is 0 Å². The first kappa shape index (κ1) is 13.6. The molecule has 2 rings (SSSR count). The lowest BCUT2D eigenvalue weighted by molar-refractivity contribution is 0.0950. The Balaban J connectivity index is 2.08. The van der Waals surface area contributed by atoms with Crippen molar-refractivity contribution < 1.29 is 4.79 Å². The largest absolute Gasteiger partial charge is 0.348 e. The Morgan fingerprint density at radius 1 is 1.44 bits per heavy atom. The van der Waals surface area contributed by atoms with Gasteiger partial charge in [-0.05, 0) is 62.9 Å². The van der Waals surface area contributed by atoms with Crippen molar-refractivity contribution in [2.45, 2.75) is 13.5 Å². The number of amides is 1. The van der Waals surface area contributed by atoms with E-state index in [2.05, 4.69) is 26.6 Å². The van der Waals surface area contributed by atoms with Crippen molar-refractivity contribution in [3.05, 3.63) is 55.1 Å². The number of halogens is 2. The maximum Gasteiger partial charge on any atom is 0.252 e. The molecule has 18 heavy (non-hydrogen) atoms. The van der Waals surface area contributed by atoms with Gasteiger partial charge in [-0.2, -0.15) is 11.3 Å². The topological polar surface area (TPSA) is 29.1 Å². The molecule has 0 atom stereocenters. The minimum absolute atomic E-state index is 0.130. The Hall–Kier alpha value is -0.840. The number of hydrogen-bond acceptors (Lipinski definition) is 2. The summed E-state index contributed by atoms with van der Waals surface area (Å²) in [6.07, 6.45) is 0. The Morgan fingerprint density at radius 2 is 2.22 bits per heavy atom. The lowest BCUT2D eigenvalue weighted by Gasteiger charge is -2.07. The molecule has 1 N–H and O–H groups in total. The van der Waals surface area contributed by atoms with Gasteiger partial charge < -0.3 is 5.32 Å². The van der Waals surface area contributed by atoms with Crippen molar-refractivity contribution in [2.24, 2.45) is 0 Å². The van der Waals surface area contributed by atoms with Crippen LogP contribution in [0.3, 0.4) is 0 Å². The minimum atomic E-state index is -0.130. The molecular formula is C13H11BrClNOS. The van der Waals surface area contributed by atoms with E-state index >= 15 is 0 Å². The van der Waals surface area contributed by atoms with Crippen LogP contribution in [0.4, 0.5) is 0 Å². The predicted molar refractivity (Wildman–Crippen MR) is 79.4 cm³/mol. The number of rotatable bonds is 3. The molecule has 0 radical (unpaired) electrons. The van der Waals surface area contributed by atoms with Crippen LogP contribution in [0.2, 0.25) is 5.02 Å². The fraction of sp³-hybridized carbons (Fsp3) is 0.154. The molecule has 0 aliphatic rings. The van der Waals surface area contributed by atoms with Crippen molar-refractivity contribution >= 4 is 44.8 Å². The highest BCUT2D eigenvalue weighted by Gasteiger charge is 2.10. The van der Waals surface area contributed by atoms with Crippen LogP contribution < -0.4 is 5.32 Å². The van der Waals surface area contributed by atoms with E-state index in [4.69, 9.17) is 11.6 Å². The first-order chi connectivity index (χ1) is 8.58. The molecule has 0 aliphatic heterocycles. The van der Waals surface area contributed by atoms with Crippen LogP contribution in [0, 0.1) is 6.92 Å². The Kier molecular flexibility index (Phi) is 4.43. The van der Waals surface area contributed by atoms with E-state index in [1.165, 1.54) is 5.56 Å². The number of aryl methyl sites for hydroxylation is 1. The second-order valence-corrected chi connectivity index (χ2v) is 5.92. The zero-order valence-electron chi connectivity index (χ0n) is 9.67. The molecule has 1 amide bonds. The van der Waals surface area contributed by atoms with Crippen LogP contribution in [-0.4, -0.2) is 5.91 Å². The normalized spacial score (nSPS) is 10.4. The van der Waals surface area contributed by atoms with Crippen LogP contribution in [0.15, 0.2) is 33.4 Å². The zero-order valence-corrected chi connectivity index (χ0v) is 12.8. The molecule has 0 aliphatic carbocycles.